The summed E-state index contributed by atoms with van der Waals surface area (Å²) in [6.07, 6.45) is 3.95. The Morgan fingerprint density at radius 1 is 1.37 bits per heavy atom. The number of hydrogen-bond donors (Lipinski definition) is 0. The molecule has 1 saturated carbocycles. The molecule has 5 heteroatoms. The monoisotopic (exact) mass is 277 g/mol. The largest absolute Gasteiger partial charge is 0.477 e. The lowest BCUT2D eigenvalue weighted by Crippen LogP contribution is -2.19. The summed E-state index contributed by atoms with van der Waals surface area (Å²) >= 11 is 1.62. The number of rotatable bonds is 5. The molecule has 0 unspecified atom stereocenters. The highest BCUT2D eigenvalue weighted by molar-refractivity contribution is 7.21. The Morgan fingerprint density at radius 3 is 2.89 bits per heavy atom. The Balaban J connectivity index is 1.75. The fourth-order valence-electron chi connectivity index (χ4n) is 2.03. The minimum absolute atomic E-state index is 0.730. The summed E-state index contributed by atoms with van der Waals surface area (Å²) in [6, 6.07) is 3.93. The van der Waals surface area contributed by atoms with Gasteiger partial charge in [0.25, 0.3) is 0 Å². The van der Waals surface area contributed by atoms with E-state index in [1.807, 2.05) is 19.2 Å². The zero-order valence-electron chi connectivity index (χ0n) is 11.4. The summed E-state index contributed by atoms with van der Waals surface area (Å²) in [5.74, 6) is 1.47. The van der Waals surface area contributed by atoms with Crippen LogP contribution in [0.15, 0.2) is 12.1 Å². The van der Waals surface area contributed by atoms with E-state index in [-0.39, 0.29) is 0 Å². The smallest absolute Gasteiger partial charge is 0.214 e. The van der Waals surface area contributed by atoms with Crippen LogP contribution in [0.4, 0.5) is 5.13 Å². The first-order valence-corrected chi connectivity index (χ1v) is 7.69. The molecule has 0 bridgehead atoms. The number of thiazole rings is 1. The van der Waals surface area contributed by atoms with Gasteiger partial charge in [0.1, 0.15) is 10.3 Å². The molecule has 1 aliphatic rings. The molecule has 0 saturated heterocycles. The molecule has 2 aromatic heterocycles. The molecule has 102 valence electrons. The van der Waals surface area contributed by atoms with Gasteiger partial charge in [-0.2, -0.15) is 0 Å². The molecular formula is C14H19N3OS. The Bertz CT molecular complexity index is 565. The van der Waals surface area contributed by atoms with Gasteiger partial charge in [0.2, 0.25) is 5.88 Å². The third-order valence-corrected chi connectivity index (χ3v) is 4.79. The van der Waals surface area contributed by atoms with E-state index in [4.69, 9.17) is 4.74 Å². The van der Waals surface area contributed by atoms with Gasteiger partial charge in [-0.05, 0) is 31.7 Å². The SMILES string of the molecule is CCN(C)c1nc2ccc(OCC3CCC3)nc2s1. The van der Waals surface area contributed by atoms with Crippen LogP contribution in [0.25, 0.3) is 10.3 Å². The molecule has 0 atom stereocenters. The molecule has 1 aliphatic carbocycles. The molecule has 2 aromatic rings. The number of anilines is 1. The predicted octanol–water partition coefficient (Wildman–Crippen LogP) is 3.33. The van der Waals surface area contributed by atoms with Crippen molar-refractivity contribution < 1.29 is 4.74 Å². The summed E-state index contributed by atoms with van der Waals surface area (Å²) in [7, 11) is 2.05. The highest BCUT2D eigenvalue weighted by atomic mass is 32.1. The van der Waals surface area contributed by atoms with E-state index in [0.717, 1.165) is 40.4 Å². The van der Waals surface area contributed by atoms with E-state index in [0.29, 0.717) is 0 Å². The number of aromatic nitrogens is 2. The van der Waals surface area contributed by atoms with Crippen LogP contribution < -0.4 is 9.64 Å². The van der Waals surface area contributed by atoms with Crippen LogP contribution in [0.1, 0.15) is 26.2 Å². The minimum Gasteiger partial charge on any atom is -0.477 e. The second-order valence-electron chi connectivity index (χ2n) is 5.09. The van der Waals surface area contributed by atoms with Crippen molar-refractivity contribution in [3.05, 3.63) is 12.1 Å². The fraction of sp³-hybridized carbons (Fsp3) is 0.571. The lowest BCUT2D eigenvalue weighted by Gasteiger charge is -2.24. The Kier molecular flexibility index (Phi) is 3.55. The average molecular weight is 277 g/mol. The summed E-state index contributed by atoms with van der Waals surface area (Å²) in [5.41, 5.74) is 0.955. The van der Waals surface area contributed by atoms with Gasteiger partial charge < -0.3 is 9.64 Å². The molecule has 0 aliphatic heterocycles. The van der Waals surface area contributed by atoms with Crippen molar-refractivity contribution in [2.24, 2.45) is 5.92 Å². The second-order valence-corrected chi connectivity index (χ2v) is 6.05. The third kappa shape index (κ3) is 2.66. The third-order valence-electron chi connectivity index (χ3n) is 3.71. The maximum atomic E-state index is 5.77. The molecule has 0 amide bonds. The lowest BCUT2D eigenvalue weighted by molar-refractivity contribution is 0.176. The Hall–Kier alpha value is -1.36. The van der Waals surface area contributed by atoms with Crippen LogP contribution >= 0.6 is 11.3 Å². The minimum atomic E-state index is 0.730. The van der Waals surface area contributed by atoms with Gasteiger partial charge in [-0.15, -0.1) is 0 Å². The maximum Gasteiger partial charge on any atom is 0.214 e. The van der Waals surface area contributed by atoms with Crippen LogP contribution in [0, 0.1) is 5.92 Å². The van der Waals surface area contributed by atoms with Crippen LogP contribution in [0.5, 0.6) is 5.88 Å². The van der Waals surface area contributed by atoms with Gasteiger partial charge in [0.05, 0.1) is 6.61 Å². The van der Waals surface area contributed by atoms with E-state index in [2.05, 4.69) is 21.8 Å². The average Bonchev–Trinajstić information content (AvgIpc) is 2.79. The number of ether oxygens (including phenoxy) is 1. The molecule has 1 fully saturated rings. The quantitative estimate of drug-likeness (QED) is 0.840. The molecule has 0 N–H and O–H groups in total. The van der Waals surface area contributed by atoms with E-state index in [1.165, 1.54) is 19.3 Å². The first kappa shape index (κ1) is 12.7. The van der Waals surface area contributed by atoms with Gasteiger partial charge in [-0.1, -0.05) is 17.8 Å². The van der Waals surface area contributed by atoms with E-state index in [9.17, 15) is 0 Å². The van der Waals surface area contributed by atoms with Gasteiger partial charge in [-0.3, -0.25) is 0 Å². The normalized spacial score (nSPS) is 15.5. The van der Waals surface area contributed by atoms with Crippen LogP contribution in [0.2, 0.25) is 0 Å². The van der Waals surface area contributed by atoms with Crippen LogP contribution in [-0.4, -0.2) is 30.2 Å². The van der Waals surface area contributed by atoms with Gasteiger partial charge in [0, 0.05) is 19.7 Å². The van der Waals surface area contributed by atoms with Crippen LogP contribution in [-0.2, 0) is 0 Å². The Labute approximate surface area is 117 Å². The molecule has 4 nitrogen and oxygen atoms in total. The van der Waals surface area contributed by atoms with E-state index in [1.54, 1.807) is 11.3 Å². The van der Waals surface area contributed by atoms with Crippen LogP contribution in [0.3, 0.4) is 0 Å². The number of fused-ring (bicyclic) bond motifs is 1. The molecule has 0 spiro atoms. The summed E-state index contributed by atoms with van der Waals surface area (Å²) < 4.78 is 5.77. The van der Waals surface area contributed by atoms with Gasteiger partial charge in [0.15, 0.2) is 5.13 Å². The fourth-order valence-corrected chi connectivity index (χ4v) is 2.99. The summed E-state index contributed by atoms with van der Waals surface area (Å²) in [4.78, 5) is 12.2. The molecule has 19 heavy (non-hydrogen) atoms. The van der Waals surface area contributed by atoms with E-state index >= 15 is 0 Å². The maximum absolute atomic E-state index is 5.77. The highest BCUT2D eigenvalue weighted by Gasteiger charge is 2.18. The Morgan fingerprint density at radius 2 is 2.21 bits per heavy atom. The van der Waals surface area contributed by atoms with Crippen molar-refractivity contribution >= 4 is 26.8 Å². The number of pyridine rings is 1. The predicted molar refractivity (Wildman–Crippen MR) is 79.2 cm³/mol. The van der Waals surface area contributed by atoms with Gasteiger partial charge in [-0.25, -0.2) is 9.97 Å². The zero-order chi connectivity index (χ0) is 13.2. The van der Waals surface area contributed by atoms with Crippen molar-refractivity contribution in [1.82, 2.24) is 9.97 Å². The first-order valence-electron chi connectivity index (χ1n) is 6.88. The second kappa shape index (κ2) is 5.33. The number of nitrogens with zero attached hydrogens (tertiary/aromatic N) is 3. The first-order chi connectivity index (χ1) is 9.26. The molecule has 0 aromatic carbocycles. The summed E-state index contributed by atoms with van der Waals surface area (Å²) in [6.45, 7) is 3.87. The van der Waals surface area contributed by atoms with Crippen molar-refractivity contribution in [1.29, 1.82) is 0 Å². The standard InChI is InChI=1S/C14H19N3OS/c1-3-17(2)14-15-11-7-8-12(16-13(11)19-14)18-9-10-5-4-6-10/h7-8,10H,3-6,9H2,1-2H3. The van der Waals surface area contributed by atoms with E-state index < -0.39 is 0 Å². The van der Waals surface area contributed by atoms with Crippen molar-refractivity contribution in [3.8, 4) is 5.88 Å². The molecule has 2 heterocycles. The zero-order valence-corrected chi connectivity index (χ0v) is 12.2. The molecular weight excluding hydrogens is 258 g/mol. The van der Waals surface area contributed by atoms with Gasteiger partial charge >= 0.3 is 0 Å². The molecule has 0 radical (unpaired) electrons. The van der Waals surface area contributed by atoms with Crippen molar-refractivity contribution in [3.63, 3.8) is 0 Å². The van der Waals surface area contributed by atoms with Crippen molar-refractivity contribution in [2.45, 2.75) is 26.2 Å². The summed E-state index contributed by atoms with van der Waals surface area (Å²) in [5, 5.41) is 1.01. The number of hydrogen-bond acceptors (Lipinski definition) is 5. The van der Waals surface area contributed by atoms with Crippen molar-refractivity contribution in [2.75, 3.05) is 25.1 Å². The molecule has 3 rings (SSSR count). The topological polar surface area (TPSA) is 38.2 Å². The highest BCUT2D eigenvalue weighted by Crippen LogP contribution is 2.30. The lowest BCUT2D eigenvalue weighted by atomic mass is 9.86.